The van der Waals surface area contributed by atoms with Gasteiger partial charge in [-0.2, -0.15) is 0 Å². The SMILES string of the molecule is O=C(Cc1cccc2cccnc12)N1CCCCC1. The summed E-state index contributed by atoms with van der Waals surface area (Å²) in [4.78, 5) is 18.7. The first kappa shape index (κ1) is 12.2. The minimum absolute atomic E-state index is 0.234. The molecule has 0 saturated carbocycles. The molecular formula is C16H18N2O. The molecule has 0 radical (unpaired) electrons. The molecule has 3 nitrogen and oxygen atoms in total. The molecule has 1 fully saturated rings. The Morgan fingerprint density at radius 2 is 1.89 bits per heavy atom. The average molecular weight is 254 g/mol. The normalized spacial score (nSPS) is 15.7. The quantitative estimate of drug-likeness (QED) is 0.825. The van der Waals surface area contributed by atoms with Gasteiger partial charge in [0, 0.05) is 24.7 Å². The highest BCUT2D eigenvalue weighted by atomic mass is 16.2. The van der Waals surface area contributed by atoms with Gasteiger partial charge in [0.25, 0.3) is 0 Å². The third-order valence-corrected chi connectivity index (χ3v) is 3.77. The number of rotatable bonds is 2. The van der Waals surface area contributed by atoms with Gasteiger partial charge in [0.05, 0.1) is 11.9 Å². The van der Waals surface area contributed by atoms with E-state index in [1.807, 2.05) is 35.2 Å². The van der Waals surface area contributed by atoms with Gasteiger partial charge in [-0.25, -0.2) is 0 Å². The monoisotopic (exact) mass is 254 g/mol. The van der Waals surface area contributed by atoms with Gasteiger partial charge in [0.2, 0.25) is 5.91 Å². The van der Waals surface area contributed by atoms with Crippen LogP contribution in [0.3, 0.4) is 0 Å². The molecule has 1 saturated heterocycles. The molecule has 98 valence electrons. The van der Waals surface area contributed by atoms with Crippen molar-refractivity contribution in [1.29, 1.82) is 0 Å². The summed E-state index contributed by atoms with van der Waals surface area (Å²) < 4.78 is 0. The molecule has 0 aliphatic carbocycles. The number of carbonyl (C=O) groups is 1. The molecule has 1 aliphatic rings. The Balaban J connectivity index is 1.82. The molecule has 1 aromatic carbocycles. The Kier molecular flexibility index (Phi) is 3.45. The molecule has 2 aromatic rings. The molecule has 3 rings (SSSR count). The average Bonchev–Trinajstić information content (AvgIpc) is 2.48. The van der Waals surface area contributed by atoms with E-state index in [1.54, 1.807) is 6.20 Å². The van der Waals surface area contributed by atoms with Crippen LogP contribution in [-0.4, -0.2) is 28.9 Å². The number of aromatic nitrogens is 1. The Hall–Kier alpha value is -1.90. The van der Waals surface area contributed by atoms with Crippen molar-refractivity contribution in [3.05, 3.63) is 42.1 Å². The van der Waals surface area contributed by atoms with Gasteiger partial charge in [-0.1, -0.05) is 24.3 Å². The van der Waals surface area contributed by atoms with Gasteiger partial charge in [0.15, 0.2) is 0 Å². The van der Waals surface area contributed by atoms with Gasteiger partial charge < -0.3 is 4.90 Å². The Labute approximate surface area is 113 Å². The summed E-state index contributed by atoms with van der Waals surface area (Å²) in [6.45, 7) is 1.83. The predicted molar refractivity (Wildman–Crippen MR) is 75.9 cm³/mol. The Morgan fingerprint density at radius 1 is 1.11 bits per heavy atom. The van der Waals surface area contributed by atoms with Crippen LogP contribution in [0.1, 0.15) is 24.8 Å². The van der Waals surface area contributed by atoms with E-state index in [4.69, 9.17) is 0 Å². The number of nitrogens with zero attached hydrogens (tertiary/aromatic N) is 2. The van der Waals surface area contributed by atoms with Gasteiger partial charge in [0.1, 0.15) is 0 Å². The zero-order chi connectivity index (χ0) is 13.1. The minimum atomic E-state index is 0.234. The molecule has 1 aliphatic heterocycles. The van der Waals surface area contributed by atoms with Crippen molar-refractivity contribution in [2.75, 3.05) is 13.1 Å². The first-order valence-electron chi connectivity index (χ1n) is 6.95. The zero-order valence-corrected chi connectivity index (χ0v) is 11.0. The summed E-state index contributed by atoms with van der Waals surface area (Å²) in [6.07, 6.45) is 5.78. The molecular weight excluding hydrogens is 236 g/mol. The lowest BCUT2D eigenvalue weighted by molar-refractivity contribution is -0.131. The van der Waals surface area contributed by atoms with E-state index >= 15 is 0 Å². The molecule has 0 unspecified atom stereocenters. The summed E-state index contributed by atoms with van der Waals surface area (Å²) in [7, 11) is 0. The van der Waals surface area contributed by atoms with E-state index in [0.29, 0.717) is 6.42 Å². The zero-order valence-electron chi connectivity index (χ0n) is 11.0. The number of benzene rings is 1. The summed E-state index contributed by atoms with van der Waals surface area (Å²) in [6, 6.07) is 10.0. The lowest BCUT2D eigenvalue weighted by Gasteiger charge is -2.26. The first-order valence-corrected chi connectivity index (χ1v) is 6.95. The fourth-order valence-corrected chi connectivity index (χ4v) is 2.73. The minimum Gasteiger partial charge on any atom is -0.342 e. The highest BCUT2D eigenvalue weighted by Gasteiger charge is 2.17. The molecule has 0 bridgehead atoms. The van der Waals surface area contributed by atoms with E-state index in [1.165, 1.54) is 6.42 Å². The molecule has 0 N–H and O–H groups in total. The number of hydrogen-bond donors (Lipinski definition) is 0. The predicted octanol–water partition coefficient (Wildman–Crippen LogP) is 2.79. The van der Waals surface area contributed by atoms with Crippen LogP contribution in [0.5, 0.6) is 0 Å². The topological polar surface area (TPSA) is 33.2 Å². The third-order valence-electron chi connectivity index (χ3n) is 3.77. The van der Waals surface area contributed by atoms with Gasteiger partial charge in [-0.3, -0.25) is 9.78 Å². The second-order valence-corrected chi connectivity index (χ2v) is 5.11. The molecule has 1 aromatic heterocycles. The van der Waals surface area contributed by atoms with Crippen molar-refractivity contribution in [3.63, 3.8) is 0 Å². The van der Waals surface area contributed by atoms with Crippen LogP contribution >= 0.6 is 0 Å². The second kappa shape index (κ2) is 5.39. The van der Waals surface area contributed by atoms with Crippen molar-refractivity contribution >= 4 is 16.8 Å². The van der Waals surface area contributed by atoms with Crippen LogP contribution in [0.25, 0.3) is 10.9 Å². The number of fused-ring (bicyclic) bond motifs is 1. The van der Waals surface area contributed by atoms with Crippen LogP contribution < -0.4 is 0 Å². The lowest BCUT2D eigenvalue weighted by Crippen LogP contribution is -2.36. The molecule has 0 spiro atoms. The van der Waals surface area contributed by atoms with Crippen LogP contribution in [0.4, 0.5) is 0 Å². The maximum Gasteiger partial charge on any atom is 0.227 e. The number of piperidine rings is 1. The number of pyridine rings is 1. The Bertz CT molecular complexity index is 583. The van der Waals surface area contributed by atoms with Crippen LogP contribution in [0.2, 0.25) is 0 Å². The fraction of sp³-hybridized carbons (Fsp3) is 0.375. The maximum absolute atomic E-state index is 12.3. The number of likely N-dealkylation sites (tertiary alicyclic amines) is 1. The van der Waals surface area contributed by atoms with Crippen molar-refractivity contribution < 1.29 is 4.79 Å². The molecule has 2 heterocycles. The second-order valence-electron chi connectivity index (χ2n) is 5.11. The third kappa shape index (κ3) is 2.60. The summed E-state index contributed by atoms with van der Waals surface area (Å²) in [5, 5.41) is 1.10. The van der Waals surface area contributed by atoms with Gasteiger partial charge >= 0.3 is 0 Å². The smallest absolute Gasteiger partial charge is 0.227 e. The molecule has 1 amide bonds. The largest absolute Gasteiger partial charge is 0.342 e. The number of para-hydroxylation sites is 1. The van der Waals surface area contributed by atoms with Gasteiger partial charge in [-0.05, 0) is 30.9 Å². The molecule has 0 atom stereocenters. The fourth-order valence-electron chi connectivity index (χ4n) is 2.73. The lowest BCUT2D eigenvalue weighted by atomic mass is 10.0. The van der Waals surface area contributed by atoms with Crippen molar-refractivity contribution in [1.82, 2.24) is 9.88 Å². The number of hydrogen-bond acceptors (Lipinski definition) is 2. The number of carbonyl (C=O) groups excluding carboxylic acids is 1. The molecule has 19 heavy (non-hydrogen) atoms. The van der Waals surface area contributed by atoms with E-state index in [0.717, 1.165) is 42.4 Å². The highest BCUT2D eigenvalue weighted by Crippen LogP contribution is 2.18. The summed E-state index contributed by atoms with van der Waals surface area (Å²) >= 11 is 0. The molecule has 3 heteroatoms. The van der Waals surface area contributed by atoms with E-state index in [9.17, 15) is 4.79 Å². The van der Waals surface area contributed by atoms with Crippen molar-refractivity contribution in [3.8, 4) is 0 Å². The number of amides is 1. The highest BCUT2D eigenvalue weighted by molar-refractivity contribution is 5.87. The maximum atomic E-state index is 12.3. The summed E-state index contributed by atoms with van der Waals surface area (Å²) in [5.41, 5.74) is 1.99. The van der Waals surface area contributed by atoms with Crippen molar-refractivity contribution in [2.45, 2.75) is 25.7 Å². The first-order chi connectivity index (χ1) is 9.34. The van der Waals surface area contributed by atoms with Crippen LogP contribution in [0.15, 0.2) is 36.5 Å². The standard InChI is InChI=1S/C16H18N2O/c19-15(18-10-2-1-3-11-18)12-14-7-4-6-13-8-5-9-17-16(13)14/h4-9H,1-3,10-12H2. The van der Waals surface area contributed by atoms with Crippen LogP contribution in [0, 0.1) is 0 Å². The summed E-state index contributed by atoms with van der Waals surface area (Å²) in [5.74, 6) is 0.234. The van der Waals surface area contributed by atoms with Crippen molar-refractivity contribution in [2.24, 2.45) is 0 Å². The van der Waals surface area contributed by atoms with E-state index in [2.05, 4.69) is 4.98 Å². The Morgan fingerprint density at radius 3 is 2.74 bits per heavy atom. The van der Waals surface area contributed by atoms with E-state index < -0.39 is 0 Å². The van der Waals surface area contributed by atoms with Crippen LogP contribution in [-0.2, 0) is 11.2 Å². The van der Waals surface area contributed by atoms with E-state index in [-0.39, 0.29) is 5.91 Å². The van der Waals surface area contributed by atoms with Gasteiger partial charge in [-0.15, -0.1) is 0 Å².